The molecule has 6 nitrogen and oxygen atoms in total. The van der Waals surface area contributed by atoms with E-state index >= 15 is 0 Å². The zero-order valence-corrected chi connectivity index (χ0v) is 11.2. The van der Waals surface area contributed by atoms with Gasteiger partial charge in [0.1, 0.15) is 5.75 Å². The zero-order valence-electron chi connectivity index (χ0n) is 9.61. The molecule has 2 N–H and O–H groups in total. The summed E-state index contributed by atoms with van der Waals surface area (Å²) in [5.74, 6) is -2.98. The first-order valence-electron chi connectivity index (χ1n) is 4.80. The summed E-state index contributed by atoms with van der Waals surface area (Å²) in [6.45, 7) is 1.25. The summed E-state index contributed by atoms with van der Waals surface area (Å²) in [6, 6.07) is 2.98. The quantitative estimate of drug-likeness (QED) is 0.651. The van der Waals surface area contributed by atoms with E-state index in [2.05, 4.69) is 21.2 Å². The average Bonchev–Trinajstić information content (AvgIpc) is 2.28. The number of carbonyl (C=O) groups excluding carboxylic acids is 2. The molecule has 0 fully saturated rings. The number of benzene rings is 1. The molecule has 0 atom stereocenters. The van der Waals surface area contributed by atoms with Gasteiger partial charge in [-0.3, -0.25) is 9.59 Å². The van der Waals surface area contributed by atoms with Gasteiger partial charge in [0.25, 0.3) is 5.78 Å². The number of Topliss-reactive ketones (excluding diaryl/α,β-unsaturated/α-hetero) is 1. The average molecular weight is 316 g/mol. The van der Waals surface area contributed by atoms with Gasteiger partial charge >= 0.3 is 5.97 Å². The zero-order chi connectivity index (χ0) is 13.9. The molecule has 18 heavy (non-hydrogen) atoms. The summed E-state index contributed by atoms with van der Waals surface area (Å²) in [4.78, 5) is 33.5. The van der Waals surface area contributed by atoms with Crippen LogP contribution in [0.4, 0.5) is 5.69 Å². The van der Waals surface area contributed by atoms with E-state index in [9.17, 15) is 14.4 Å². The molecule has 1 rings (SSSR count). The molecule has 0 saturated heterocycles. The number of methoxy groups -OCH3 is 1. The van der Waals surface area contributed by atoms with Gasteiger partial charge in [-0.1, -0.05) is 0 Å². The van der Waals surface area contributed by atoms with Gasteiger partial charge in [-0.05, 0) is 28.1 Å². The predicted molar refractivity (Wildman–Crippen MR) is 67.0 cm³/mol. The van der Waals surface area contributed by atoms with Gasteiger partial charge in [-0.25, -0.2) is 4.79 Å². The van der Waals surface area contributed by atoms with E-state index in [0.29, 0.717) is 0 Å². The fraction of sp³-hybridized carbons (Fsp3) is 0.182. The monoisotopic (exact) mass is 315 g/mol. The Morgan fingerprint density at radius 3 is 2.39 bits per heavy atom. The Labute approximate surface area is 111 Å². The van der Waals surface area contributed by atoms with E-state index in [1.165, 1.54) is 26.2 Å². The number of anilines is 1. The first-order chi connectivity index (χ1) is 8.38. The number of carbonyl (C=O) groups is 3. The maximum atomic E-state index is 11.6. The first-order valence-corrected chi connectivity index (χ1v) is 5.59. The Bertz CT molecular complexity index is 526. The predicted octanol–water partition coefficient (Wildman–Crippen LogP) is 1.68. The van der Waals surface area contributed by atoms with Crippen LogP contribution in [-0.4, -0.2) is 29.9 Å². The van der Waals surface area contributed by atoms with Crippen LogP contribution in [0.15, 0.2) is 16.6 Å². The van der Waals surface area contributed by atoms with Crippen LogP contribution in [0, 0.1) is 0 Å². The number of nitrogens with one attached hydrogen (secondary N) is 1. The van der Waals surface area contributed by atoms with Crippen molar-refractivity contribution in [2.75, 3.05) is 12.4 Å². The number of rotatable bonds is 4. The Morgan fingerprint density at radius 1 is 1.33 bits per heavy atom. The van der Waals surface area contributed by atoms with Crippen molar-refractivity contribution in [3.63, 3.8) is 0 Å². The van der Waals surface area contributed by atoms with E-state index in [1.807, 2.05) is 0 Å². The van der Waals surface area contributed by atoms with Crippen LogP contribution in [0.2, 0.25) is 0 Å². The van der Waals surface area contributed by atoms with E-state index in [1.54, 1.807) is 0 Å². The maximum absolute atomic E-state index is 11.6. The molecular weight excluding hydrogens is 306 g/mol. The lowest BCUT2D eigenvalue weighted by Crippen LogP contribution is -2.18. The summed E-state index contributed by atoms with van der Waals surface area (Å²) in [5, 5.41) is 11.1. The Balaban J connectivity index is 3.49. The summed E-state index contributed by atoms with van der Waals surface area (Å²) in [5.41, 5.74) is -0.121. The van der Waals surface area contributed by atoms with Gasteiger partial charge in [0, 0.05) is 11.4 Å². The third-order valence-corrected chi connectivity index (χ3v) is 2.72. The summed E-state index contributed by atoms with van der Waals surface area (Å²) in [6.07, 6.45) is 0. The molecule has 0 aliphatic carbocycles. The second kappa shape index (κ2) is 5.63. The largest absolute Gasteiger partial charge is 0.495 e. The smallest absolute Gasteiger partial charge is 0.377 e. The topological polar surface area (TPSA) is 92.7 Å². The minimum absolute atomic E-state index is 0.0341. The molecule has 0 aliphatic rings. The van der Waals surface area contributed by atoms with E-state index in [-0.39, 0.29) is 21.5 Å². The molecule has 0 radical (unpaired) electrons. The van der Waals surface area contributed by atoms with Crippen molar-refractivity contribution < 1.29 is 24.2 Å². The van der Waals surface area contributed by atoms with Crippen molar-refractivity contribution in [2.45, 2.75) is 6.92 Å². The molecule has 0 saturated carbocycles. The Morgan fingerprint density at radius 2 is 1.94 bits per heavy atom. The van der Waals surface area contributed by atoms with Gasteiger partial charge in [0.15, 0.2) is 0 Å². The number of carboxylic acids is 1. The van der Waals surface area contributed by atoms with Crippen molar-refractivity contribution >= 4 is 39.3 Å². The third kappa shape index (κ3) is 2.86. The molecule has 7 heteroatoms. The second-order valence-corrected chi connectivity index (χ2v) is 4.17. The maximum Gasteiger partial charge on any atom is 0.377 e. The molecule has 0 aromatic heterocycles. The standard InChI is InChI=1S/C11H10BrNO5/c1-5(14)13-9-7(18-2)4-3-6(12)8(9)10(15)11(16)17/h3-4H,1-2H3,(H,13,14)(H,16,17). The number of hydrogen-bond donors (Lipinski definition) is 2. The Hall–Kier alpha value is -1.89. The molecule has 1 aromatic rings. The van der Waals surface area contributed by atoms with Crippen LogP contribution in [0.3, 0.4) is 0 Å². The number of amides is 1. The molecule has 0 bridgehead atoms. The highest BCUT2D eigenvalue weighted by atomic mass is 79.9. The highest BCUT2D eigenvalue weighted by molar-refractivity contribution is 9.10. The normalized spacial score (nSPS) is 9.72. The number of ether oxygens (including phenoxy) is 1. The van der Waals surface area contributed by atoms with E-state index in [0.717, 1.165) is 0 Å². The SMILES string of the molecule is COc1ccc(Br)c(C(=O)C(=O)O)c1NC(C)=O. The van der Waals surface area contributed by atoms with Gasteiger partial charge in [-0.15, -0.1) is 0 Å². The number of aliphatic carboxylic acids is 1. The summed E-state index contributed by atoms with van der Waals surface area (Å²) in [7, 11) is 1.35. The van der Waals surface area contributed by atoms with Gasteiger partial charge < -0.3 is 15.2 Å². The van der Waals surface area contributed by atoms with Crippen LogP contribution in [0.25, 0.3) is 0 Å². The molecule has 0 aliphatic heterocycles. The first kappa shape index (κ1) is 14.2. The molecular formula is C11H10BrNO5. The lowest BCUT2D eigenvalue weighted by molar-refractivity contribution is -0.131. The minimum Gasteiger partial charge on any atom is -0.495 e. The number of carboxylic acid groups (broad SMARTS) is 1. The Kier molecular flexibility index (Phi) is 4.43. The minimum atomic E-state index is -1.62. The van der Waals surface area contributed by atoms with Crippen LogP contribution in [-0.2, 0) is 9.59 Å². The number of halogens is 1. The van der Waals surface area contributed by atoms with Gasteiger partial charge in [0.05, 0.1) is 18.4 Å². The fourth-order valence-electron chi connectivity index (χ4n) is 1.36. The van der Waals surface area contributed by atoms with Crippen molar-refractivity contribution in [2.24, 2.45) is 0 Å². The number of ketones is 1. The summed E-state index contributed by atoms with van der Waals surface area (Å²) < 4.78 is 5.25. The van der Waals surface area contributed by atoms with Crippen LogP contribution in [0.1, 0.15) is 17.3 Å². The second-order valence-electron chi connectivity index (χ2n) is 3.32. The van der Waals surface area contributed by atoms with Crippen molar-refractivity contribution in [1.82, 2.24) is 0 Å². The molecule has 0 unspecified atom stereocenters. The van der Waals surface area contributed by atoms with Crippen LogP contribution < -0.4 is 10.1 Å². The highest BCUT2D eigenvalue weighted by Gasteiger charge is 2.25. The molecule has 96 valence electrons. The third-order valence-electron chi connectivity index (χ3n) is 2.06. The van der Waals surface area contributed by atoms with Gasteiger partial charge in [0.2, 0.25) is 5.91 Å². The molecule has 1 amide bonds. The molecule has 1 aromatic carbocycles. The van der Waals surface area contributed by atoms with E-state index < -0.39 is 17.7 Å². The van der Waals surface area contributed by atoms with Crippen LogP contribution >= 0.6 is 15.9 Å². The molecule has 0 heterocycles. The lowest BCUT2D eigenvalue weighted by atomic mass is 10.1. The fourth-order valence-corrected chi connectivity index (χ4v) is 1.87. The lowest BCUT2D eigenvalue weighted by Gasteiger charge is -2.13. The molecule has 0 spiro atoms. The number of hydrogen-bond acceptors (Lipinski definition) is 4. The van der Waals surface area contributed by atoms with E-state index in [4.69, 9.17) is 9.84 Å². The van der Waals surface area contributed by atoms with Crippen LogP contribution in [0.5, 0.6) is 5.75 Å². The van der Waals surface area contributed by atoms with Crippen molar-refractivity contribution in [3.8, 4) is 5.75 Å². The van der Waals surface area contributed by atoms with Crippen molar-refractivity contribution in [3.05, 3.63) is 22.2 Å². The van der Waals surface area contributed by atoms with Crippen molar-refractivity contribution in [1.29, 1.82) is 0 Å². The van der Waals surface area contributed by atoms with Gasteiger partial charge in [-0.2, -0.15) is 0 Å². The highest BCUT2D eigenvalue weighted by Crippen LogP contribution is 2.34. The summed E-state index contributed by atoms with van der Waals surface area (Å²) >= 11 is 3.08.